The van der Waals surface area contributed by atoms with Crippen LogP contribution in [-0.4, -0.2) is 59.3 Å². The number of carbonyl (C=O) groups is 3. The molecule has 2 amide bonds. The van der Waals surface area contributed by atoms with Gasteiger partial charge in [0, 0.05) is 18.7 Å². The summed E-state index contributed by atoms with van der Waals surface area (Å²) in [6.07, 6.45) is -0.0101. The summed E-state index contributed by atoms with van der Waals surface area (Å²) in [5.74, 6) is -0.760. The molecule has 0 bridgehead atoms. The van der Waals surface area contributed by atoms with Gasteiger partial charge in [-0.05, 0) is 69.0 Å². The maximum Gasteiger partial charge on any atom is 0.410 e. The van der Waals surface area contributed by atoms with Gasteiger partial charge in [-0.15, -0.1) is 0 Å². The molecule has 0 unspecified atom stereocenters. The smallest absolute Gasteiger partial charge is 0.410 e. The Morgan fingerprint density at radius 1 is 0.939 bits per heavy atom. The van der Waals surface area contributed by atoms with E-state index in [1.807, 2.05) is 0 Å². The Hall–Kier alpha value is -3.55. The number of esters is 1. The molecule has 0 saturated carbocycles. The number of benzene rings is 2. The van der Waals surface area contributed by atoms with Crippen LogP contribution in [0.25, 0.3) is 11.1 Å². The minimum atomic E-state index is -1.22. The molecule has 0 atom stereocenters. The molecule has 8 heteroatoms. The predicted molar refractivity (Wildman–Crippen MR) is 123 cm³/mol. The first-order valence-electron chi connectivity index (χ1n) is 10.8. The van der Waals surface area contributed by atoms with E-state index in [0.717, 1.165) is 11.1 Å². The highest BCUT2D eigenvalue weighted by Crippen LogP contribution is 2.27. The Morgan fingerprint density at radius 3 is 1.94 bits per heavy atom. The summed E-state index contributed by atoms with van der Waals surface area (Å²) < 4.78 is 10.4. The number of likely N-dealkylation sites (tertiary alicyclic amines) is 1. The zero-order valence-electron chi connectivity index (χ0n) is 19.4. The molecule has 0 aliphatic carbocycles. The van der Waals surface area contributed by atoms with Crippen LogP contribution < -0.4 is 5.32 Å². The molecule has 0 aromatic heterocycles. The number of piperidine rings is 1. The number of carbonyl (C=O) groups excluding carboxylic acids is 3. The Balaban J connectivity index is 1.70. The number of hydrogen-bond acceptors (Lipinski definition) is 6. The Labute approximate surface area is 193 Å². The highest BCUT2D eigenvalue weighted by molar-refractivity contribution is 5.98. The van der Waals surface area contributed by atoms with Gasteiger partial charge in [0.05, 0.1) is 7.11 Å². The second-order valence-electron chi connectivity index (χ2n) is 9.12. The first-order valence-corrected chi connectivity index (χ1v) is 10.8. The zero-order chi connectivity index (χ0) is 24.2. The van der Waals surface area contributed by atoms with Crippen molar-refractivity contribution in [2.45, 2.75) is 44.8 Å². The number of phenolic OH excluding ortho intramolecular Hbond substituents is 1. The molecular formula is C25H30N2O6. The van der Waals surface area contributed by atoms with Crippen molar-refractivity contribution in [2.75, 3.05) is 20.2 Å². The number of phenols is 1. The van der Waals surface area contributed by atoms with Crippen molar-refractivity contribution in [1.29, 1.82) is 0 Å². The van der Waals surface area contributed by atoms with Gasteiger partial charge in [-0.25, -0.2) is 9.59 Å². The van der Waals surface area contributed by atoms with Gasteiger partial charge in [-0.1, -0.05) is 24.3 Å². The first kappa shape index (κ1) is 24.1. The lowest BCUT2D eigenvalue weighted by atomic mass is 9.87. The minimum absolute atomic E-state index is 0.181. The van der Waals surface area contributed by atoms with Crippen molar-refractivity contribution < 1.29 is 29.0 Å². The number of hydrogen-bond donors (Lipinski definition) is 2. The van der Waals surface area contributed by atoms with E-state index in [1.165, 1.54) is 12.0 Å². The summed E-state index contributed by atoms with van der Waals surface area (Å²) >= 11 is 0. The fourth-order valence-electron chi connectivity index (χ4n) is 3.73. The number of amides is 2. The molecule has 33 heavy (non-hydrogen) atoms. The van der Waals surface area contributed by atoms with E-state index in [1.54, 1.807) is 69.3 Å². The number of rotatable bonds is 4. The Kier molecular flexibility index (Phi) is 6.95. The molecule has 1 saturated heterocycles. The van der Waals surface area contributed by atoms with Crippen molar-refractivity contribution in [3.63, 3.8) is 0 Å². The molecule has 3 rings (SSSR count). The summed E-state index contributed by atoms with van der Waals surface area (Å²) in [4.78, 5) is 39.5. The van der Waals surface area contributed by atoms with Crippen molar-refractivity contribution in [1.82, 2.24) is 10.2 Å². The van der Waals surface area contributed by atoms with Crippen LogP contribution in [0.5, 0.6) is 5.75 Å². The average Bonchev–Trinajstić information content (AvgIpc) is 2.78. The lowest BCUT2D eigenvalue weighted by Gasteiger charge is -2.40. The third kappa shape index (κ3) is 5.83. The average molecular weight is 455 g/mol. The van der Waals surface area contributed by atoms with Crippen LogP contribution in [0.15, 0.2) is 48.5 Å². The van der Waals surface area contributed by atoms with Gasteiger partial charge < -0.3 is 24.8 Å². The summed E-state index contributed by atoms with van der Waals surface area (Å²) in [6, 6.07) is 13.7. The van der Waals surface area contributed by atoms with Crippen LogP contribution in [0.3, 0.4) is 0 Å². The van der Waals surface area contributed by atoms with Crippen molar-refractivity contribution >= 4 is 18.0 Å². The summed E-state index contributed by atoms with van der Waals surface area (Å²) in [7, 11) is 1.28. The van der Waals surface area contributed by atoms with Gasteiger partial charge in [0.1, 0.15) is 16.9 Å². The van der Waals surface area contributed by atoms with Crippen LogP contribution in [0.4, 0.5) is 4.79 Å². The molecule has 2 aromatic rings. The molecular weight excluding hydrogens is 424 g/mol. The highest BCUT2D eigenvalue weighted by atomic mass is 16.6. The van der Waals surface area contributed by atoms with Gasteiger partial charge in [0.15, 0.2) is 0 Å². The van der Waals surface area contributed by atoms with E-state index >= 15 is 0 Å². The maximum absolute atomic E-state index is 13.0. The Bertz CT molecular complexity index is 1000. The molecule has 1 aliphatic heterocycles. The van der Waals surface area contributed by atoms with E-state index in [2.05, 4.69) is 5.32 Å². The molecule has 8 nitrogen and oxygen atoms in total. The summed E-state index contributed by atoms with van der Waals surface area (Å²) in [5.41, 5.74) is 0.352. The number of nitrogens with one attached hydrogen (secondary N) is 1. The Morgan fingerprint density at radius 2 is 1.45 bits per heavy atom. The third-order valence-electron chi connectivity index (χ3n) is 5.55. The molecule has 1 heterocycles. The zero-order valence-corrected chi connectivity index (χ0v) is 19.4. The fraction of sp³-hybridized carbons (Fsp3) is 0.400. The van der Waals surface area contributed by atoms with Crippen LogP contribution in [0, 0.1) is 0 Å². The monoisotopic (exact) mass is 454 g/mol. The van der Waals surface area contributed by atoms with Crippen molar-refractivity contribution in [2.24, 2.45) is 0 Å². The van der Waals surface area contributed by atoms with E-state index in [-0.39, 0.29) is 31.7 Å². The lowest BCUT2D eigenvalue weighted by molar-refractivity contribution is -0.150. The van der Waals surface area contributed by atoms with E-state index in [9.17, 15) is 19.5 Å². The predicted octanol–water partition coefficient (Wildman–Crippen LogP) is 3.73. The quantitative estimate of drug-likeness (QED) is 0.682. The maximum atomic E-state index is 13.0. The van der Waals surface area contributed by atoms with E-state index in [4.69, 9.17) is 9.47 Å². The topological polar surface area (TPSA) is 105 Å². The normalized spacial score (nSPS) is 15.5. The van der Waals surface area contributed by atoms with Crippen LogP contribution in [0.2, 0.25) is 0 Å². The number of aromatic hydroxyl groups is 1. The van der Waals surface area contributed by atoms with Crippen LogP contribution >= 0.6 is 0 Å². The van der Waals surface area contributed by atoms with Crippen LogP contribution in [0.1, 0.15) is 44.0 Å². The number of nitrogens with zero attached hydrogens (tertiary/aromatic N) is 1. The lowest BCUT2D eigenvalue weighted by Crippen LogP contribution is -2.61. The summed E-state index contributed by atoms with van der Waals surface area (Å²) in [5, 5.41) is 12.3. The van der Waals surface area contributed by atoms with Crippen molar-refractivity contribution in [3.8, 4) is 16.9 Å². The van der Waals surface area contributed by atoms with E-state index in [0.29, 0.717) is 5.56 Å². The second-order valence-corrected chi connectivity index (χ2v) is 9.12. The molecule has 2 aromatic carbocycles. The van der Waals surface area contributed by atoms with Gasteiger partial charge in [0.2, 0.25) is 0 Å². The largest absolute Gasteiger partial charge is 0.508 e. The molecule has 1 aliphatic rings. The molecule has 0 spiro atoms. The number of ether oxygens (including phenoxy) is 2. The molecule has 1 fully saturated rings. The van der Waals surface area contributed by atoms with E-state index < -0.39 is 29.1 Å². The standard InChI is InChI=1S/C25H30N2O6/c1-24(2,3)33-23(31)27-15-13-25(14-16-27,22(30)32-4)26-21(29)19-7-5-17(6-8-19)18-9-11-20(28)12-10-18/h5-12,28H,13-16H2,1-4H3,(H,26,29). The highest BCUT2D eigenvalue weighted by Gasteiger charge is 2.45. The summed E-state index contributed by atoms with van der Waals surface area (Å²) in [6.45, 7) is 5.89. The van der Waals surface area contributed by atoms with Gasteiger partial charge >= 0.3 is 12.1 Å². The fourth-order valence-corrected chi connectivity index (χ4v) is 3.73. The first-order chi connectivity index (χ1) is 15.5. The molecule has 176 valence electrons. The van der Waals surface area contributed by atoms with Crippen LogP contribution in [-0.2, 0) is 14.3 Å². The van der Waals surface area contributed by atoms with Gasteiger partial charge in [-0.2, -0.15) is 0 Å². The third-order valence-corrected chi connectivity index (χ3v) is 5.55. The second kappa shape index (κ2) is 9.52. The minimum Gasteiger partial charge on any atom is -0.508 e. The van der Waals surface area contributed by atoms with Gasteiger partial charge in [-0.3, -0.25) is 4.79 Å². The van der Waals surface area contributed by atoms with Crippen molar-refractivity contribution in [3.05, 3.63) is 54.1 Å². The molecule has 2 N–H and O–H groups in total. The van der Waals surface area contributed by atoms with Gasteiger partial charge in [0.25, 0.3) is 5.91 Å². The molecule has 0 radical (unpaired) electrons. The number of methoxy groups -OCH3 is 1. The SMILES string of the molecule is COC(=O)C1(NC(=O)c2ccc(-c3ccc(O)cc3)cc2)CCN(C(=O)OC(C)(C)C)CC1.